The van der Waals surface area contributed by atoms with Crippen molar-refractivity contribution in [1.82, 2.24) is 9.97 Å². The molecule has 2 aromatic heterocycles. The van der Waals surface area contributed by atoms with E-state index < -0.39 is 5.97 Å². The number of nitrogens with zero attached hydrogens (tertiary/aromatic N) is 3. The molecule has 92 valence electrons. The lowest BCUT2D eigenvalue weighted by atomic mass is 10.2. The summed E-state index contributed by atoms with van der Waals surface area (Å²) in [5.41, 5.74) is 7.00. The monoisotopic (exact) mass is 244 g/mol. The van der Waals surface area contributed by atoms with E-state index in [-0.39, 0.29) is 5.56 Å². The van der Waals surface area contributed by atoms with Crippen LogP contribution in [0.3, 0.4) is 0 Å². The number of nitrogens with two attached hydrogens (primary N) is 1. The van der Waals surface area contributed by atoms with Crippen LogP contribution in [0.4, 0.5) is 17.2 Å². The normalized spacial score (nSPS) is 10.1. The highest BCUT2D eigenvalue weighted by Gasteiger charge is 2.12. The van der Waals surface area contributed by atoms with E-state index in [2.05, 4.69) is 9.97 Å². The molecule has 2 aromatic rings. The van der Waals surface area contributed by atoms with Gasteiger partial charge in [-0.25, -0.2) is 9.78 Å². The summed E-state index contributed by atoms with van der Waals surface area (Å²) in [6, 6.07) is 5.05. The SMILES string of the molecule is CN(c1cccnc1)c1ncc(C(=O)O)cc1N. The van der Waals surface area contributed by atoms with Crippen LogP contribution in [0.25, 0.3) is 0 Å². The Hall–Kier alpha value is -2.63. The van der Waals surface area contributed by atoms with Gasteiger partial charge in [0.25, 0.3) is 0 Å². The Kier molecular flexibility index (Phi) is 3.09. The molecule has 2 rings (SSSR count). The highest BCUT2D eigenvalue weighted by molar-refractivity contribution is 5.89. The molecule has 6 nitrogen and oxygen atoms in total. The lowest BCUT2D eigenvalue weighted by Gasteiger charge is -2.19. The van der Waals surface area contributed by atoms with Crippen molar-refractivity contribution in [3.05, 3.63) is 42.4 Å². The van der Waals surface area contributed by atoms with E-state index in [1.165, 1.54) is 12.3 Å². The van der Waals surface area contributed by atoms with Crippen LogP contribution in [-0.4, -0.2) is 28.1 Å². The lowest BCUT2D eigenvalue weighted by Crippen LogP contribution is -2.14. The predicted molar refractivity (Wildman–Crippen MR) is 67.9 cm³/mol. The molecule has 0 aromatic carbocycles. The molecule has 0 fully saturated rings. The maximum atomic E-state index is 10.8. The second kappa shape index (κ2) is 4.70. The summed E-state index contributed by atoms with van der Waals surface area (Å²) in [4.78, 5) is 20.6. The number of carboxylic acids is 1. The molecule has 0 saturated heterocycles. The van der Waals surface area contributed by atoms with E-state index in [1.807, 2.05) is 6.07 Å². The maximum Gasteiger partial charge on any atom is 0.337 e. The van der Waals surface area contributed by atoms with Gasteiger partial charge in [0, 0.05) is 19.4 Å². The predicted octanol–water partition coefficient (Wildman–Crippen LogP) is 1.52. The molecule has 0 aliphatic carbocycles. The van der Waals surface area contributed by atoms with Gasteiger partial charge in [0.05, 0.1) is 23.1 Å². The summed E-state index contributed by atoms with van der Waals surface area (Å²) in [5, 5.41) is 8.84. The fraction of sp³-hybridized carbons (Fsp3) is 0.0833. The van der Waals surface area contributed by atoms with E-state index >= 15 is 0 Å². The van der Waals surface area contributed by atoms with Crippen molar-refractivity contribution in [2.45, 2.75) is 0 Å². The molecule has 18 heavy (non-hydrogen) atoms. The fourth-order valence-electron chi connectivity index (χ4n) is 1.55. The lowest BCUT2D eigenvalue weighted by molar-refractivity contribution is 0.0696. The first-order valence-electron chi connectivity index (χ1n) is 5.22. The van der Waals surface area contributed by atoms with Gasteiger partial charge in [-0.2, -0.15) is 0 Å². The van der Waals surface area contributed by atoms with Gasteiger partial charge in [0.1, 0.15) is 0 Å². The molecule has 2 heterocycles. The number of anilines is 3. The number of carbonyl (C=O) groups is 1. The molecule has 0 atom stereocenters. The third-order valence-corrected chi connectivity index (χ3v) is 2.49. The third kappa shape index (κ3) is 2.22. The zero-order valence-electron chi connectivity index (χ0n) is 9.74. The number of nitrogen functional groups attached to an aromatic ring is 1. The summed E-state index contributed by atoms with van der Waals surface area (Å²) in [7, 11) is 1.79. The third-order valence-electron chi connectivity index (χ3n) is 2.49. The molecule has 3 N–H and O–H groups in total. The number of carboxylic acid groups (broad SMARTS) is 1. The Balaban J connectivity index is 2.37. The molecule has 6 heteroatoms. The largest absolute Gasteiger partial charge is 0.478 e. The molecule has 0 saturated carbocycles. The first-order chi connectivity index (χ1) is 8.59. The second-order valence-electron chi connectivity index (χ2n) is 3.71. The number of aromatic carboxylic acids is 1. The van der Waals surface area contributed by atoms with Gasteiger partial charge in [-0.1, -0.05) is 0 Å². The molecular weight excluding hydrogens is 232 g/mol. The minimum absolute atomic E-state index is 0.0656. The smallest absolute Gasteiger partial charge is 0.337 e. The van der Waals surface area contributed by atoms with Gasteiger partial charge < -0.3 is 15.7 Å². The Morgan fingerprint density at radius 1 is 1.44 bits per heavy atom. The first kappa shape index (κ1) is 11.8. The second-order valence-corrected chi connectivity index (χ2v) is 3.71. The van der Waals surface area contributed by atoms with Crippen LogP contribution < -0.4 is 10.6 Å². The van der Waals surface area contributed by atoms with E-state index in [0.717, 1.165) is 5.69 Å². The summed E-state index contributed by atoms with van der Waals surface area (Å²) < 4.78 is 0. The average molecular weight is 244 g/mol. The summed E-state index contributed by atoms with van der Waals surface area (Å²) in [6.45, 7) is 0. The van der Waals surface area contributed by atoms with Crippen molar-refractivity contribution in [3.8, 4) is 0 Å². The van der Waals surface area contributed by atoms with Gasteiger partial charge in [0.2, 0.25) is 0 Å². The van der Waals surface area contributed by atoms with Crippen molar-refractivity contribution in [2.24, 2.45) is 0 Å². The quantitative estimate of drug-likeness (QED) is 0.850. The van der Waals surface area contributed by atoms with Crippen LogP contribution >= 0.6 is 0 Å². The number of hydrogen-bond donors (Lipinski definition) is 2. The minimum atomic E-state index is -1.05. The van der Waals surface area contributed by atoms with Crippen molar-refractivity contribution in [1.29, 1.82) is 0 Å². The Bertz CT molecular complexity index is 572. The number of hydrogen-bond acceptors (Lipinski definition) is 5. The number of pyridine rings is 2. The molecule has 0 unspecified atom stereocenters. The van der Waals surface area contributed by atoms with Crippen LogP contribution in [0, 0.1) is 0 Å². The summed E-state index contributed by atoms with van der Waals surface area (Å²) in [5.74, 6) is -0.558. The summed E-state index contributed by atoms with van der Waals surface area (Å²) >= 11 is 0. The molecular formula is C12H12N4O2. The highest BCUT2D eigenvalue weighted by atomic mass is 16.4. The highest BCUT2D eigenvalue weighted by Crippen LogP contribution is 2.26. The zero-order chi connectivity index (χ0) is 13.1. The Morgan fingerprint density at radius 2 is 2.22 bits per heavy atom. The average Bonchev–Trinajstić information content (AvgIpc) is 2.38. The van der Waals surface area contributed by atoms with Gasteiger partial charge in [0.15, 0.2) is 5.82 Å². The van der Waals surface area contributed by atoms with Crippen LogP contribution in [-0.2, 0) is 0 Å². The Labute approximate surface area is 104 Å². The molecule has 0 radical (unpaired) electrons. The molecule has 0 bridgehead atoms. The Morgan fingerprint density at radius 3 is 2.78 bits per heavy atom. The van der Waals surface area contributed by atoms with Crippen LogP contribution in [0.15, 0.2) is 36.8 Å². The van der Waals surface area contributed by atoms with E-state index in [4.69, 9.17) is 10.8 Å². The molecule has 0 aliphatic heterocycles. The number of rotatable bonds is 3. The molecule has 0 aliphatic rings. The number of aromatic nitrogens is 2. The van der Waals surface area contributed by atoms with Crippen LogP contribution in [0.5, 0.6) is 0 Å². The van der Waals surface area contributed by atoms with Crippen molar-refractivity contribution in [3.63, 3.8) is 0 Å². The fourth-order valence-corrected chi connectivity index (χ4v) is 1.55. The topological polar surface area (TPSA) is 92.3 Å². The zero-order valence-corrected chi connectivity index (χ0v) is 9.74. The van der Waals surface area contributed by atoms with Gasteiger partial charge >= 0.3 is 5.97 Å². The molecule has 0 spiro atoms. The van der Waals surface area contributed by atoms with Crippen LogP contribution in [0.1, 0.15) is 10.4 Å². The van der Waals surface area contributed by atoms with Crippen molar-refractivity contribution >= 4 is 23.2 Å². The van der Waals surface area contributed by atoms with Crippen molar-refractivity contribution in [2.75, 3.05) is 17.7 Å². The van der Waals surface area contributed by atoms with E-state index in [0.29, 0.717) is 11.5 Å². The summed E-state index contributed by atoms with van der Waals surface area (Å²) in [6.07, 6.45) is 4.62. The first-order valence-corrected chi connectivity index (χ1v) is 5.22. The van der Waals surface area contributed by atoms with E-state index in [9.17, 15) is 4.79 Å². The van der Waals surface area contributed by atoms with Gasteiger partial charge in [-0.3, -0.25) is 4.98 Å². The van der Waals surface area contributed by atoms with E-state index in [1.54, 1.807) is 30.4 Å². The molecule has 0 amide bonds. The van der Waals surface area contributed by atoms with Gasteiger partial charge in [-0.15, -0.1) is 0 Å². The van der Waals surface area contributed by atoms with Gasteiger partial charge in [-0.05, 0) is 18.2 Å². The van der Waals surface area contributed by atoms with Crippen molar-refractivity contribution < 1.29 is 9.90 Å². The standard InChI is InChI=1S/C12H12N4O2/c1-16(9-3-2-4-14-7-9)11-10(13)5-8(6-15-11)12(17)18/h2-7H,13H2,1H3,(H,17,18). The maximum absolute atomic E-state index is 10.8. The van der Waals surface area contributed by atoms with Crippen LogP contribution in [0.2, 0.25) is 0 Å². The minimum Gasteiger partial charge on any atom is -0.478 e.